The van der Waals surface area contributed by atoms with Crippen LogP contribution in [0.5, 0.6) is 0 Å². The van der Waals surface area contributed by atoms with Gasteiger partial charge in [-0.25, -0.2) is 13.6 Å². The predicted molar refractivity (Wildman–Crippen MR) is 58.0 cm³/mol. The number of nitrogens with two attached hydrogens (primary N) is 1. The molecule has 0 spiro atoms. The second-order valence-electron chi connectivity index (χ2n) is 2.71. The van der Waals surface area contributed by atoms with E-state index in [1.807, 2.05) is 0 Å². The molecule has 1 rings (SSSR count). The highest BCUT2D eigenvalue weighted by atomic mass is 32.2. The highest BCUT2D eigenvalue weighted by Crippen LogP contribution is 2.20. The summed E-state index contributed by atoms with van der Waals surface area (Å²) in [5.74, 6) is 0. The van der Waals surface area contributed by atoms with Crippen LogP contribution in [0.1, 0.15) is 11.1 Å². The van der Waals surface area contributed by atoms with Gasteiger partial charge in [-0.15, -0.1) is 0 Å². The maximum Gasteiger partial charge on any atom is 0.238 e. The molecule has 0 fully saturated rings. The van der Waals surface area contributed by atoms with E-state index in [2.05, 4.69) is 13.2 Å². The Kier molecular flexibility index (Phi) is 2.88. The van der Waals surface area contributed by atoms with Crippen LogP contribution in [0.4, 0.5) is 0 Å². The molecule has 0 saturated heterocycles. The second kappa shape index (κ2) is 3.77. The maximum atomic E-state index is 11.2. The van der Waals surface area contributed by atoms with E-state index in [0.717, 1.165) is 0 Å². The molecular weight excluding hydrogens is 198 g/mol. The first kappa shape index (κ1) is 10.7. The molecule has 1 aromatic rings. The lowest BCUT2D eigenvalue weighted by Gasteiger charge is -2.06. The molecule has 0 aliphatic heterocycles. The fraction of sp³-hybridized carbons (Fsp3) is 0. The minimum atomic E-state index is -3.70. The van der Waals surface area contributed by atoms with Crippen LogP contribution in [0.15, 0.2) is 36.3 Å². The van der Waals surface area contributed by atoms with Crippen LogP contribution in [0.2, 0.25) is 0 Å². The first-order chi connectivity index (χ1) is 6.50. The fourth-order valence-electron chi connectivity index (χ4n) is 1.21. The standard InChI is InChI=1S/C10H11NO2S/c1-3-8-6-5-7-10(9(8)4-2)14(11,12)13/h3-7H,1-2H2,(H2,11,12,13). The van der Waals surface area contributed by atoms with Crippen LogP contribution in [-0.4, -0.2) is 8.42 Å². The van der Waals surface area contributed by atoms with Crippen LogP contribution >= 0.6 is 0 Å². The predicted octanol–water partition coefficient (Wildman–Crippen LogP) is 1.62. The number of hydrogen-bond acceptors (Lipinski definition) is 2. The lowest BCUT2D eigenvalue weighted by Crippen LogP contribution is -2.13. The molecule has 4 heteroatoms. The third kappa shape index (κ3) is 1.92. The zero-order chi connectivity index (χ0) is 10.8. The highest BCUT2D eigenvalue weighted by Gasteiger charge is 2.13. The van der Waals surface area contributed by atoms with Crippen molar-refractivity contribution in [2.75, 3.05) is 0 Å². The van der Waals surface area contributed by atoms with Crippen molar-refractivity contribution in [1.29, 1.82) is 0 Å². The molecule has 0 bridgehead atoms. The van der Waals surface area contributed by atoms with Gasteiger partial charge in [0.25, 0.3) is 0 Å². The smallest absolute Gasteiger partial charge is 0.225 e. The summed E-state index contributed by atoms with van der Waals surface area (Å²) in [4.78, 5) is 0.0740. The van der Waals surface area contributed by atoms with Crippen molar-refractivity contribution >= 4 is 22.2 Å². The van der Waals surface area contributed by atoms with Crippen molar-refractivity contribution in [2.45, 2.75) is 4.90 Å². The molecule has 0 aliphatic carbocycles. The van der Waals surface area contributed by atoms with Crippen molar-refractivity contribution < 1.29 is 8.42 Å². The van der Waals surface area contributed by atoms with Crippen molar-refractivity contribution in [2.24, 2.45) is 5.14 Å². The lowest BCUT2D eigenvalue weighted by molar-refractivity contribution is 0.597. The first-order valence-electron chi connectivity index (χ1n) is 3.91. The largest absolute Gasteiger partial charge is 0.238 e. The van der Waals surface area contributed by atoms with E-state index in [-0.39, 0.29) is 4.90 Å². The molecular formula is C10H11NO2S. The molecule has 2 N–H and O–H groups in total. The van der Waals surface area contributed by atoms with Crippen molar-refractivity contribution in [3.63, 3.8) is 0 Å². The minimum Gasteiger partial charge on any atom is -0.225 e. The fourth-order valence-corrected chi connectivity index (χ4v) is 1.98. The Labute approximate surface area is 83.6 Å². The SMILES string of the molecule is C=Cc1cccc(S(N)(=O)=O)c1C=C. The number of hydrogen-bond donors (Lipinski definition) is 1. The summed E-state index contributed by atoms with van der Waals surface area (Å²) in [6, 6.07) is 4.81. The molecule has 0 radical (unpaired) electrons. The van der Waals surface area contributed by atoms with Gasteiger partial charge in [0.2, 0.25) is 10.0 Å². The highest BCUT2D eigenvalue weighted by molar-refractivity contribution is 7.89. The van der Waals surface area contributed by atoms with Gasteiger partial charge >= 0.3 is 0 Å². The van der Waals surface area contributed by atoms with Gasteiger partial charge in [0.05, 0.1) is 4.90 Å². The first-order valence-corrected chi connectivity index (χ1v) is 5.46. The maximum absolute atomic E-state index is 11.2. The van der Waals surface area contributed by atoms with Gasteiger partial charge in [0.15, 0.2) is 0 Å². The van der Waals surface area contributed by atoms with E-state index in [0.29, 0.717) is 11.1 Å². The van der Waals surface area contributed by atoms with E-state index in [1.165, 1.54) is 12.1 Å². The molecule has 74 valence electrons. The van der Waals surface area contributed by atoms with Crippen molar-refractivity contribution in [3.8, 4) is 0 Å². The van der Waals surface area contributed by atoms with Crippen LogP contribution in [-0.2, 0) is 10.0 Å². The third-order valence-corrected chi connectivity index (χ3v) is 2.80. The normalized spacial score (nSPS) is 10.9. The molecule has 0 amide bonds. The Balaban J connectivity index is 3.61. The van der Waals surface area contributed by atoms with E-state index in [4.69, 9.17) is 5.14 Å². The zero-order valence-electron chi connectivity index (χ0n) is 7.60. The minimum absolute atomic E-state index is 0.0740. The van der Waals surface area contributed by atoms with Gasteiger partial charge in [-0.3, -0.25) is 0 Å². The monoisotopic (exact) mass is 209 g/mol. The van der Waals surface area contributed by atoms with E-state index in [1.54, 1.807) is 18.2 Å². The Morgan fingerprint density at radius 1 is 1.21 bits per heavy atom. The molecule has 0 atom stereocenters. The van der Waals surface area contributed by atoms with Gasteiger partial charge in [-0.05, 0) is 11.6 Å². The molecule has 0 aromatic heterocycles. The molecule has 14 heavy (non-hydrogen) atoms. The molecule has 1 aromatic carbocycles. The number of benzene rings is 1. The zero-order valence-corrected chi connectivity index (χ0v) is 8.42. The van der Waals surface area contributed by atoms with E-state index < -0.39 is 10.0 Å². The van der Waals surface area contributed by atoms with Crippen LogP contribution < -0.4 is 5.14 Å². The summed E-state index contributed by atoms with van der Waals surface area (Å²) < 4.78 is 22.4. The molecule has 0 saturated carbocycles. The molecule has 0 heterocycles. The lowest BCUT2D eigenvalue weighted by atomic mass is 10.1. The Hall–Kier alpha value is -1.39. The van der Waals surface area contributed by atoms with Crippen LogP contribution in [0.25, 0.3) is 12.2 Å². The summed E-state index contributed by atoms with van der Waals surface area (Å²) in [5.41, 5.74) is 1.19. The topological polar surface area (TPSA) is 60.2 Å². The quantitative estimate of drug-likeness (QED) is 0.822. The third-order valence-electron chi connectivity index (χ3n) is 1.83. The van der Waals surface area contributed by atoms with Gasteiger partial charge < -0.3 is 0 Å². The summed E-state index contributed by atoms with van der Waals surface area (Å²) >= 11 is 0. The van der Waals surface area contributed by atoms with Crippen LogP contribution in [0, 0.1) is 0 Å². The Bertz CT molecular complexity index is 475. The Morgan fingerprint density at radius 2 is 1.86 bits per heavy atom. The van der Waals surface area contributed by atoms with Crippen molar-refractivity contribution in [3.05, 3.63) is 42.5 Å². The summed E-state index contributed by atoms with van der Waals surface area (Å²) in [7, 11) is -3.70. The summed E-state index contributed by atoms with van der Waals surface area (Å²) in [6.07, 6.45) is 3.02. The number of sulfonamides is 1. The second-order valence-corrected chi connectivity index (χ2v) is 4.24. The summed E-state index contributed by atoms with van der Waals surface area (Å²) in [6.45, 7) is 7.13. The number of rotatable bonds is 3. The van der Waals surface area contributed by atoms with Gasteiger partial charge in [-0.1, -0.05) is 37.4 Å². The van der Waals surface area contributed by atoms with Gasteiger partial charge in [0.1, 0.15) is 0 Å². The average Bonchev–Trinajstić information content (AvgIpc) is 2.15. The van der Waals surface area contributed by atoms with E-state index >= 15 is 0 Å². The Morgan fingerprint density at radius 3 is 2.29 bits per heavy atom. The average molecular weight is 209 g/mol. The molecule has 3 nitrogen and oxygen atoms in total. The van der Waals surface area contributed by atoms with Gasteiger partial charge in [0, 0.05) is 5.56 Å². The van der Waals surface area contributed by atoms with Crippen molar-refractivity contribution in [1.82, 2.24) is 0 Å². The van der Waals surface area contributed by atoms with Crippen LogP contribution in [0.3, 0.4) is 0 Å². The molecule has 0 aliphatic rings. The molecule has 0 unspecified atom stereocenters. The summed E-state index contributed by atoms with van der Waals surface area (Å²) in [5, 5.41) is 5.05. The van der Waals surface area contributed by atoms with Gasteiger partial charge in [-0.2, -0.15) is 0 Å². The number of primary sulfonamides is 1. The van der Waals surface area contributed by atoms with E-state index in [9.17, 15) is 8.42 Å².